The molecule has 1 aromatic carbocycles. The predicted octanol–water partition coefficient (Wildman–Crippen LogP) is 4.20. The van der Waals surface area contributed by atoms with E-state index in [0.717, 1.165) is 13.2 Å². The van der Waals surface area contributed by atoms with Crippen molar-refractivity contribution in [1.29, 1.82) is 0 Å². The Bertz CT molecular complexity index is 553. The molecule has 0 radical (unpaired) electrons. The largest absolute Gasteiger partial charge is 0.497 e. The van der Waals surface area contributed by atoms with E-state index in [1.165, 1.54) is 0 Å². The lowest BCUT2D eigenvalue weighted by Gasteiger charge is -2.34. The number of nitrogens with two attached hydrogens (primary N) is 1. The summed E-state index contributed by atoms with van der Waals surface area (Å²) in [7, 11) is 0.940. The van der Waals surface area contributed by atoms with E-state index >= 15 is 0 Å². The molecule has 2 nitrogen and oxygen atoms in total. The van der Waals surface area contributed by atoms with E-state index in [9.17, 15) is 39.5 Å². The van der Waals surface area contributed by atoms with Gasteiger partial charge in [0, 0.05) is 5.69 Å². The van der Waals surface area contributed by atoms with E-state index in [0.29, 0.717) is 6.07 Å². The van der Waals surface area contributed by atoms with Crippen molar-refractivity contribution >= 4 is 5.69 Å². The molecule has 0 spiro atoms. The number of alkyl halides is 9. The second kappa shape index (κ2) is 5.13. The van der Waals surface area contributed by atoms with Gasteiger partial charge in [0.15, 0.2) is 0 Å². The quantitative estimate of drug-likeness (QED) is 0.658. The summed E-state index contributed by atoms with van der Waals surface area (Å²) in [6.07, 6.45) is -6.88. The molecule has 0 aromatic heterocycles. The van der Waals surface area contributed by atoms with Crippen molar-refractivity contribution < 1.29 is 44.3 Å². The third kappa shape index (κ3) is 2.52. The molecule has 0 atom stereocenters. The summed E-state index contributed by atoms with van der Waals surface area (Å²) in [6, 6.07) is 1.72. The fraction of sp³-hybridized carbons (Fsp3) is 0.455. The normalized spacial score (nSPS) is 14.1. The summed E-state index contributed by atoms with van der Waals surface area (Å²) in [5, 5.41) is 0. The highest BCUT2D eigenvalue weighted by molar-refractivity contribution is 5.53. The van der Waals surface area contributed by atoms with E-state index in [2.05, 4.69) is 4.74 Å². The van der Waals surface area contributed by atoms with Crippen molar-refractivity contribution in [3.8, 4) is 5.75 Å². The van der Waals surface area contributed by atoms with E-state index in [4.69, 9.17) is 5.73 Å². The summed E-state index contributed by atoms with van der Waals surface area (Å²) in [4.78, 5) is 0. The SMILES string of the molecule is COc1ccc(N)c(C(F)(F)C(F)(F)C(F)(F)C(F)(F)F)c1. The highest BCUT2D eigenvalue weighted by Gasteiger charge is 2.82. The third-order valence-electron chi connectivity index (χ3n) is 2.74. The molecule has 0 heterocycles. The highest BCUT2D eigenvalue weighted by atomic mass is 19.4. The molecule has 11 heteroatoms. The maximum atomic E-state index is 13.7. The maximum Gasteiger partial charge on any atom is 0.460 e. The number of hydrogen-bond acceptors (Lipinski definition) is 2. The Morgan fingerprint density at radius 2 is 1.36 bits per heavy atom. The van der Waals surface area contributed by atoms with E-state index in [1.54, 1.807) is 0 Å². The van der Waals surface area contributed by atoms with Gasteiger partial charge in [0.05, 0.1) is 12.7 Å². The molecule has 0 bridgehead atoms. The van der Waals surface area contributed by atoms with Crippen LogP contribution in [0.4, 0.5) is 45.2 Å². The predicted molar refractivity (Wildman–Crippen MR) is 57.2 cm³/mol. The van der Waals surface area contributed by atoms with Crippen molar-refractivity contribution in [2.24, 2.45) is 0 Å². The molecule has 0 saturated heterocycles. The lowest BCUT2D eigenvalue weighted by Crippen LogP contribution is -2.59. The average Bonchev–Trinajstić information content (AvgIpc) is 2.37. The Morgan fingerprint density at radius 3 is 1.77 bits per heavy atom. The molecule has 22 heavy (non-hydrogen) atoms. The number of ether oxygens (including phenoxy) is 1. The van der Waals surface area contributed by atoms with Gasteiger partial charge in [-0.15, -0.1) is 0 Å². The summed E-state index contributed by atoms with van der Waals surface area (Å²) < 4.78 is 120. The van der Waals surface area contributed by atoms with Crippen molar-refractivity contribution in [3.63, 3.8) is 0 Å². The minimum atomic E-state index is -6.97. The van der Waals surface area contributed by atoms with Gasteiger partial charge in [-0.25, -0.2) is 0 Å². The Hall–Kier alpha value is -1.81. The van der Waals surface area contributed by atoms with Crippen LogP contribution in [0.25, 0.3) is 0 Å². The fourth-order valence-corrected chi connectivity index (χ4v) is 1.48. The molecule has 0 fully saturated rings. The molecule has 126 valence electrons. The van der Waals surface area contributed by atoms with Crippen molar-refractivity contribution in [3.05, 3.63) is 23.8 Å². The topological polar surface area (TPSA) is 35.2 Å². The fourth-order valence-electron chi connectivity index (χ4n) is 1.48. The first-order chi connectivity index (χ1) is 9.70. The van der Waals surface area contributed by atoms with Crippen LogP contribution in [-0.2, 0) is 5.92 Å². The Labute approximate surface area is 117 Å². The van der Waals surface area contributed by atoms with Gasteiger partial charge in [-0.1, -0.05) is 0 Å². The van der Waals surface area contributed by atoms with Crippen LogP contribution in [-0.4, -0.2) is 25.1 Å². The molecule has 0 aliphatic heterocycles. The van der Waals surface area contributed by atoms with Crippen LogP contribution in [0.1, 0.15) is 5.56 Å². The minimum absolute atomic E-state index is 0.162. The summed E-state index contributed by atoms with van der Waals surface area (Å²) in [5.41, 5.74) is 1.99. The molecule has 1 rings (SSSR count). The zero-order valence-electron chi connectivity index (χ0n) is 10.6. The maximum absolute atomic E-state index is 13.7. The standard InChI is InChI=1S/C11H8F9NO/c1-22-5-2-3-7(21)6(4-5)8(12,13)9(14,15)10(16,17)11(18,19)20/h2-4H,21H2,1H3. The Balaban J connectivity index is 3.51. The van der Waals surface area contributed by atoms with Gasteiger partial charge in [0.1, 0.15) is 5.75 Å². The Morgan fingerprint density at radius 1 is 0.864 bits per heavy atom. The van der Waals surface area contributed by atoms with Crippen molar-refractivity contribution in [1.82, 2.24) is 0 Å². The number of hydrogen-bond donors (Lipinski definition) is 1. The first-order valence-corrected chi connectivity index (χ1v) is 5.34. The second-order valence-corrected chi connectivity index (χ2v) is 4.17. The van der Waals surface area contributed by atoms with E-state index in [1.807, 2.05) is 0 Å². The highest BCUT2D eigenvalue weighted by Crippen LogP contribution is 2.57. The van der Waals surface area contributed by atoms with Gasteiger partial charge in [-0.2, -0.15) is 39.5 Å². The van der Waals surface area contributed by atoms with Crippen LogP contribution >= 0.6 is 0 Å². The summed E-state index contributed by atoms with van der Waals surface area (Å²) in [6.45, 7) is 0. The molecule has 0 saturated carbocycles. The van der Waals surface area contributed by atoms with Crippen LogP contribution in [0, 0.1) is 0 Å². The van der Waals surface area contributed by atoms with Crippen molar-refractivity contribution in [2.75, 3.05) is 12.8 Å². The monoisotopic (exact) mass is 341 g/mol. The number of anilines is 1. The van der Waals surface area contributed by atoms with Gasteiger partial charge in [-0.05, 0) is 18.2 Å². The molecular weight excluding hydrogens is 333 g/mol. The zero-order chi connectivity index (χ0) is 17.6. The van der Waals surface area contributed by atoms with Gasteiger partial charge < -0.3 is 10.5 Å². The number of rotatable bonds is 4. The van der Waals surface area contributed by atoms with E-state index in [-0.39, 0.29) is 6.07 Å². The molecule has 0 unspecified atom stereocenters. The summed E-state index contributed by atoms with van der Waals surface area (Å²) >= 11 is 0. The molecule has 2 N–H and O–H groups in total. The van der Waals surface area contributed by atoms with E-state index < -0.39 is 40.9 Å². The third-order valence-corrected chi connectivity index (χ3v) is 2.74. The molecule has 0 aliphatic carbocycles. The summed E-state index contributed by atoms with van der Waals surface area (Å²) in [5.74, 6) is -20.1. The van der Waals surface area contributed by atoms with Crippen LogP contribution < -0.4 is 10.5 Å². The first kappa shape index (κ1) is 18.2. The van der Waals surface area contributed by atoms with Gasteiger partial charge >= 0.3 is 23.9 Å². The van der Waals surface area contributed by atoms with Crippen LogP contribution in [0.2, 0.25) is 0 Å². The van der Waals surface area contributed by atoms with Crippen molar-refractivity contribution in [2.45, 2.75) is 23.9 Å². The van der Waals surface area contributed by atoms with Crippen LogP contribution in [0.3, 0.4) is 0 Å². The lowest BCUT2D eigenvalue weighted by molar-refractivity contribution is -0.399. The minimum Gasteiger partial charge on any atom is -0.497 e. The first-order valence-electron chi connectivity index (χ1n) is 5.34. The number of benzene rings is 1. The molecule has 1 aromatic rings. The van der Waals surface area contributed by atoms with Gasteiger partial charge in [-0.3, -0.25) is 0 Å². The number of methoxy groups -OCH3 is 1. The number of halogens is 9. The average molecular weight is 341 g/mol. The molecule has 0 amide bonds. The smallest absolute Gasteiger partial charge is 0.460 e. The lowest BCUT2D eigenvalue weighted by atomic mass is 9.95. The van der Waals surface area contributed by atoms with Crippen LogP contribution in [0.15, 0.2) is 18.2 Å². The van der Waals surface area contributed by atoms with Crippen LogP contribution in [0.5, 0.6) is 5.75 Å². The molecular formula is C11H8F9NO. The van der Waals surface area contributed by atoms with Gasteiger partial charge in [0.25, 0.3) is 0 Å². The number of nitrogen functional groups attached to an aromatic ring is 1. The second-order valence-electron chi connectivity index (χ2n) is 4.17. The Kier molecular flexibility index (Phi) is 4.25. The van der Waals surface area contributed by atoms with Gasteiger partial charge in [0.2, 0.25) is 0 Å². The zero-order valence-corrected chi connectivity index (χ0v) is 10.6. The molecule has 0 aliphatic rings.